The number of benzene rings is 1. The summed E-state index contributed by atoms with van der Waals surface area (Å²) in [5, 5.41) is 15.7. The van der Waals surface area contributed by atoms with Crippen LogP contribution in [0.15, 0.2) is 30.3 Å². The normalized spacial score (nSPS) is 16.3. The van der Waals surface area contributed by atoms with E-state index in [2.05, 4.69) is 20.6 Å². The van der Waals surface area contributed by atoms with E-state index in [0.717, 1.165) is 5.56 Å². The summed E-state index contributed by atoms with van der Waals surface area (Å²) in [6.45, 7) is 1.83. The Morgan fingerprint density at radius 2 is 2.04 bits per heavy atom. The van der Waals surface area contributed by atoms with E-state index in [4.69, 9.17) is 23.2 Å². The van der Waals surface area contributed by atoms with Gasteiger partial charge in [0, 0.05) is 22.9 Å². The molecule has 132 valence electrons. The molecule has 4 rings (SSSR count). The number of halogens is 3. The van der Waals surface area contributed by atoms with E-state index in [1.165, 1.54) is 16.8 Å². The fraction of sp³-hybridized carbons (Fsp3) is 0.176. The van der Waals surface area contributed by atoms with Crippen molar-refractivity contribution in [1.29, 1.82) is 0 Å². The number of fused-ring (bicyclic) bond motifs is 1. The van der Waals surface area contributed by atoms with E-state index in [1.54, 1.807) is 18.2 Å². The second kappa shape index (κ2) is 6.34. The molecule has 0 saturated heterocycles. The lowest BCUT2D eigenvalue weighted by molar-refractivity contribution is -0.116. The van der Waals surface area contributed by atoms with Crippen LogP contribution in [-0.4, -0.2) is 25.9 Å². The van der Waals surface area contributed by atoms with Crippen molar-refractivity contribution >= 4 is 34.9 Å². The molecular formula is C17H12Cl2FN5O. The van der Waals surface area contributed by atoms with Crippen molar-refractivity contribution in [3.05, 3.63) is 63.1 Å². The van der Waals surface area contributed by atoms with E-state index in [9.17, 15) is 9.18 Å². The highest BCUT2D eigenvalue weighted by molar-refractivity contribution is 6.31. The van der Waals surface area contributed by atoms with Crippen LogP contribution in [0, 0.1) is 12.7 Å². The Morgan fingerprint density at radius 1 is 1.23 bits per heavy atom. The van der Waals surface area contributed by atoms with Gasteiger partial charge < -0.3 is 5.32 Å². The van der Waals surface area contributed by atoms with Gasteiger partial charge in [0.05, 0.1) is 5.69 Å². The van der Waals surface area contributed by atoms with E-state index >= 15 is 0 Å². The molecule has 0 spiro atoms. The van der Waals surface area contributed by atoms with Gasteiger partial charge in [0.1, 0.15) is 11.6 Å². The lowest BCUT2D eigenvalue weighted by Crippen LogP contribution is -2.25. The minimum absolute atomic E-state index is 0.189. The molecule has 0 saturated carbocycles. The van der Waals surface area contributed by atoms with E-state index in [0.29, 0.717) is 22.9 Å². The molecule has 0 radical (unpaired) electrons. The number of carbonyl (C=O) groups is 1. The molecule has 0 aliphatic carbocycles. The monoisotopic (exact) mass is 391 g/mol. The Hall–Kier alpha value is -2.51. The van der Waals surface area contributed by atoms with Gasteiger partial charge in [-0.3, -0.25) is 4.79 Å². The quantitative estimate of drug-likeness (QED) is 0.718. The summed E-state index contributed by atoms with van der Waals surface area (Å²) in [5.41, 5.74) is 2.20. The molecule has 0 fully saturated rings. The highest BCUT2D eigenvalue weighted by Gasteiger charge is 2.34. The van der Waals surface area contributed by atoms with Crippen molar-refractivity contribution in [3.63, 3.8) is 0 Å². The predicted molar refractivity (Wildman–Crippen MR) is 95.4 cm³/mol. The Bertz CT molecular complexity index is 1020. The summed E-state index contributed by atoms with van der Waals surface area (Å²) >= 11 is 12.0. The smallest absolute Gasteiger partial charge is 0.226 e. The standard InChI is InChI=1S/C17H12Cl2FN5O/c1-8-16-11(10-3-2-9(20)6-12(10)18)7-15(26)21-17(16)25(24-8)14-5-4-13(19)22-23-14/h2-6,11H,7H2,1H3,(H,21,26)/t11-/m1/s1. The molecule has 1 amide bonds. The van der Waals surface area contributed by atoms with Crippen LogP contribution in [0.4, 0.5) is 10.2 Å². The summed E-state index contributed by atoms with van der Waals surface area (Å²) in [4.78, 5) is 12.3. The lowest BCUT2D eigenvalue weighted by Gasteiger charge is -2.25. The zero-order valence-electron chi connectivity index (χ0n) is 13.5. The van der Waals surface area contributed by atoms with Gasteiger partial charge >= 0.3 is 0 Å². The molecule has 26 heavy (non-hydrogen) atoms. The Morgan fingerprint density at radius 3 is 2.73 bits per heavy atom. The van der Waals surface area contributed by atoms with Gasteiger partial charge in [-0.1, -0.05) is 29.3 Å². The summed E-state index contributed by atoms with van der Waals surface area (Å²) in [6, 6.07) is 7.42. The number of hydrogen-bond acceptors (Lipinski definition) is 4. The van der Waals surface area contributed by atoms with Gasteiger partial charge in [-0.2, -0.15) is 9.78 Å². The van der Waals surface area contributed by atoms with E-state index < -0.39 is 5.82 Å². The van der Waals surface area contributed by atoms with Gasteiger partial charge in [-0.15, -0.1) is 10.2 Å². The number of carbonyl (C=O) groups excluding carboxylic acids is 1. The molecule has 3 heterocycles. The molecule has 0 unspecified atom stereocenters. The van der Waals surface area contributed by atoms with Crippen molar-refractivity contribution in [1.82, 2.24) is 20.0 Å². The third-order valence-electron chi connectivity index (χ3n) is 4.28. The maximum Gasteiger partial charge on any atom is 0.226 e. The van der Waals surface area contributed by atoms with Crippen LogP contribution in [-0.2, 0) is 4.79 Å². The topological polar surface area (TPSA) is 72.7 Å². The third-order valence-corrected chi connectivity index (χ3v) is 4.80. The molecular weight excluding hydrogens is 380 g/mol. The number of amides is 1. The second-order valence-electron chi connectivity index (χ2n) is 5.94. The van der Waals surface area contributed by atoms with Crippen molar-refractivity contribution in [2.24, 2.45) is 0 Å². The lowest BCUT2D eigenvalue weighted by atomic mass is 9.86. The number of hydrogen-bond donors (Lipinski definition) is 1. The second-order valence-corrected chi connectivity index (χ2v) is 6.74. The summed E-state index contributed by atoms with van der Waals surface area (Å²) in [7, 11) is 0. The fourth-order valence-corrected chi connectivity index (χ4v) is 3.58. The molecule has 1 aliphatic rings. The number of nitrogens with one attached hydrogen (secondary N) is 1. The third kappa shape index (κ3) is 2.83. The summed E-state index contributed by atoms with van der Waals surface area (Å²) in [5.74, 6) is -0.0272. The predicted octanol–water partition coefficient (Wildman–Crippen LogP) is 3.89. The number of aromatic nitrogens is 4. The first kappa shape index (κ1) is 16.9. The average molecular weight is 392 g/mol. The molecule has 9 heteroatoms. The number of nitrogens with zero attached hydrogens (tertiary/aromatic N) is 4. The first-order valence-corrected chi connectivity index (χ1v) is 8.53. The average Bonchev–Trinajstić information content (AvgIpc) is 2.91. The first-order valence-electron chi connectivity index (χ1n) is 7.78. The molecule has 1 aliphatic heterocycles. The molecule has 0 bridgehead atoms. The van der Waals surface area contributed by atoms with Crippen molar-refractivity contribution in [2.75, 3.05) is 5.32 Å². The van der Waals surface area contributed by atoms with E-state index in [1.807, 2.05) is 6.92 Å². The molecule has 1 N–H and O–H groups in total. The Labute approximate surface area is 157 Å². The SMILES string of the molecule is Cc1nn(-c2ccc(Cl)nn2)c2c1[C@@H](c1ccc(F)cc1Cl)CC(=O)N2. The van der Waals surface area contributed by atoms with Gasteiger partial charge in [-0.25, -0.2) is 4.39 Å². The zero-order valence-corrected chi connectivity index (χ0v) is 15.0. The van der Waals surface area contributed by atoms with Crippen molar-refractivity contribution in [3.8, 4) is 5.82 Å². The maximum atomic E-state index is 13.4. The molecule has 1 atom stereocenters. The first-order chi connectivity index (χ1) is 12.4. The van der Waals surface area contributed by atoms with Crippen LogP contribution in [0.2, 0.25) is 10.2 Å². The van der Waals surface area contributed by atoms with Gasteiger partial charge in [-0.05, 0) is 36.8 Å². The molecule has 2 aromatic heterocycles. The Balaban J connectivity index is 1.88. The maximum absolute atomic E-state index is 13.4. The van der Waals surface area contributed by atoms with Crippen LogP contribution >= 0.6 is 23.2 Å². The number of anilines is 1. The van der Waals surface area contributed by atoms with Crippen molar-refractivity contribution in [2.45, 2.75) is 19.3 Å². The van der Waals surface area contributed by atoms with E-state index in [-0.39, 0.29) is 28.4 Å². The highest BCUT2D eigenvalue weighted by atomic mass is 35.5. The van der Waals surface area contributed by atoms with Crippen molar-refractivity contribution < 1.29 is 9.18 Å². The number of rotatable bonds is 2. The van der Waals surface area contributed by atoms with Crippen LogP contribution < -0.4 is 5.32 Å². The molecule has 6 nitrogen and oxygen atoms in total. The number of aryl methyl sites for hydroxylation is 1. The van der Waals surface area contributed by atoms with Crippen LogP contribution in [0.25, 0.3) is 5.82 Å². The van der Waals surface area contributed by atoms with Crippen LogP contribution in [0.3, 0.4) is 0 Å². The zero-order chi connectivity index (χ0) is 18.4. The molecule has 1 aromatic carbocycles. The van der Waals surface area contributed by atoms with Gasteiger partial charge in [0.25, 0.3) is 0 Å². The van der Waals surface area contributed by atoms with Crippen LogP contribution in [0.1, 0.15) is 29.2 Å². The highest BCUT2D eigenvalue weighted by Crippen LogP contribution is 2.42. The minimum Gasteiger partial charge on any atom is -0.310 e. The Kier molecular flexibility index (Phi) is 4.13. The summed E-state index contributed by atoms with van der Waals surface area (Å²) < 4.78 is 14.9. The summed E-state index contributed by atoms with van der Waals surface area (Å²) in [6.07, 6.45) is 0.192. The van der Waals surface area contributed by atoms with Crippen LogP contribution in [0.5, 0.6) is 0 Å². The minimum atomic E-state index is -0.428. The molecule has 3 aromatic rings. The van der Waals surface area contributed by atoms with Gasteiger partial charge in [0.2, 0.25) is 5.91 Å². The largest absolute Gasteiger partial charge is 0.310 e. The fourth-order valence-electron chi connectivity index (χ4n) is 3.18. The van der Waals surface area contributed by atoms with Gasteiger partial charge in [0.15, 0.2) is 11.0 Å².